The van der Waals surface area contributed by atoms with Gasteiger partial charge in [0.2, 0.25) is 0 Å². The molecule has 4 saturated carbocycles. The van der Waals surface area contributed by atoms with E-state index in [1.54, 1.807) is 14.0 Å². The Morgan fingerprint density at radius 1 is 1.09 bits per heavy atom. The number of carbonyl (C=O) groups excluding carboxylic acids is 2. The van der Waals surface area contributed by atoms with E-state index >= 15 is 4.39 Å². The number of alkyl halides is 1. The Hall–Kier alpha value is -1.83. The number of halogens is 1. The van der Waals surface area contributed by atoms with Crippen LogP contribution in [-0.4, -0.2) is 67.4 Å². The molecule has 5 unspecified atom stereocenters. The third-order valence-electron chi connectivity index (χ3n) is 10.2. The van der Waals surface area contributed by atoms with E-state index in [0.717, 1.165) is 43.9 Å². The Kier molecular flexibility index (Phi) is 6.79. The molecule has 5 rings (SSSR count). The zero-order chi connectivity index (χ0) is 24.8. The molecule has 7 nitrogen and oxygen atoms in total. The summed E-state index contributed by atoms with van der Waals surface area (Å²) in [7, 11) is 1.55. The lowest BCUT2D eigenvalue weighted by molar-refractivity contribution is -0.163. The fourth-order valence-electron chi connectivity index (χ4n) is 8.23. The van der Waals surface area contributed by atoms with Crippen LogP contribution in [0, 0.1) is 34.5 Å². The Bertz CT molecular complexity index is 916. The van der Waals surface area contributed by atoms with Gasteiger partial charge in [-0.25, -0.2) is 4.39 Å². The first kappa shape index (κ1) is 24.8. The zero-order valence-electron chi connectivity index (χ0n) is 21.4. The number of rotatable bonds is 5. The van der Waals surface area contributed by atoms with Gasteiger partial charge in [0, 0.05) is 24.8 Å². The minimum absolute atomic E-state index is 0.0421. The number of nitrogens with zero attached hydrogens (tertiary/aromatic N) is 3. The van der Waals surface area contributed by atoms with Crippen molar-refractivity contribution in [3.8, 4) is 0 Å². The van der Waals surface area contributed by atoms with Gasteiger partial charge < -0.3 is 9.68 Å². The molecule has 4 aliphatic carbocycles. The first-order valence-electron chi connectivity index (χ1n) is 13.5. The summed E-state index contributed by atoms with van der Waals surface area (Å²) in [4.78, 5) is 39.7. The van der Waals surface area contributed by atoms with Crippen molar-refractivity contribution < 1.29 is 23.7 Å². The minimum atomic E-state index is -1.71. The van der Waals surface area contributed by atoms with E-state index in [2.05, 4.69) is 22.1 Å². The molecule has 0 aromatic rings. The van der Waals surface area contributed by atoms with E-state index in [1.165, 1.54) is 19.3 Å². The Labute approximate surface area is 207 Å². The normalized spacial score (nSPS) is 44.2. The second-order valence-electron chi connectivity index (χ2n) is 11.9. The molecule has 0 amide bonds. The lowest BCUT2D eigenvalue weighted by Gasteiger charge is -2.58. The average Bonchev–Trinajstić information content (AvgIpc) is 3.16. The molecule has 0 aromatic carbocycles. The SMILES string of the molecule is CON=C1CC2C(C(=O)C(F)[C@]3(C)C(=O)CCC23)[C@@]2(C)CCC(=NOCCN3CCCCC3)CC12. The van der Waals surface area contributed by atoms with Crippen molar-refractivity contribution in [2.45, 2.75) is 77.8 Å². The third-order valence-corrected chi connectivity index (χ3v) is 10.2. The summed E-state index contributed by atoms with van der Waals surface area (Å²) in [6, 6.07) is 0. The fraction of sp³-hybridized carbons (Fsp3) is 0.852. The van der Waals surface area contributed by atoms with E-state index in [9.17, 15) is 9.59 Å². The summed E-state index contributed by atoms with van der Waals surface area (Å²) < 4.78 is 15.7. The highest BCUT2D eigenvalue weighted by Crippen LogP contribution is 2.64. The summed E-state index contributed by atoms with van der Waals surface area (Å²) >= 11 is 0. The Morgan fingerprint density at radius 3 is 2.60 bits per heavy atom. The van der Waals surface area contributed by atoms with Gasteiger partial charge >= 0.3 is 0 Å². The number of hydrogen-bond acceptors (Lipinski definition) is 7. The summed E-state index contributed by atoms with van der Waals surface area (Å²) in [6.45, 7) is 7.54. The van der Waals surface area contributed by atoms with Crippen LogP contribution < -0.4 is 0 Å². The molecule has 1 saturated heterocycles. The van der Waals surface area contributed by atoms with E-state index in [4.69, 9.17) is 9.68 Å². The Balaban J connectivity index is 1.34. The molecule has 194 valence electrons. The molecule has 0 aromatic heterocycles. The van der Waals surface area contributed by atoms with Gasteiger partial charge in [-0.15, -0.1) is 0 Å². The molecule has 0 bridgehead atoms. The standard InChI is InChI=1S/C27H40FN3O4/c1-26-10-9-17(29-35-14-13-31-11-5-4-6-12-31)15-20(26)21(30-34-3)16-18-19-7-8-22(32)27(19,2)25(28)24(33)23(18)26/h18-20,23,25H,4-16H2,1-3H3/t18?,19?,20?,23?,25?,26-,27-/m0/s1. The molecule has 0 N–H and O–H groups in total. The predicted molar refractivity (Wildman–Crippen MR) is 131 cm³/mol. The molecule has 5 fully saturated rings. The smallest absolute Gasteiger partial charge is 0.171 e. The molecule has 5 aliphatic rings. The van der Waals surface area contributed by atoms with Gasteiger partial charge in [-0.1, -0.05) is 23.7 Å². The van der Waals surface area contributed by atoms with Gasteiger partial charge in [-0.3, -0.25) is 14.5 Å². The molecule has 0 spiro atoms. The number of carbonyl (C=O) groups is 2. The number of fused-ring (bicyclic) bond motifs is 5. The van der Waals surface area contributed by atoms with Crippen LogP contribution in [-0.2, 0) is 19.3 Å². The molecule has 1 heterocycles. The lowest BCUT2D eigenvalue weighted by atomic mass is 9.44. The molecular weight excluding hydrogens is 449 g/mol. The monoisotopic (exact) mass is 489 g/mol. The predicted octanol–water partition coefficient (Wildman–Crippen LogP) is 4.20. The maximum Gasteiger partial charge on any atom is 0.171 e. The summed E-state index contributed by atoms with van der Waals surface area (Å²) in [5, 5.41) is 8.91. The highest BCUT2D eigenvalue weighted by atomic mass is 19.1. The highest BCUT2D eigenvalue weighted by molar-refractivity contribution is 6.02. The summed E-state index contributed by atoms with van der Waals surface area (Å²) in [5.74, 6) is -1.10. The first-order chi connectivity index (χ1) is 16.8. The van der Waals surface area contributed by atoms with Gasteiger partial charge in [0.25, 0.3) is 0 Å². The summed E-state index contributed by atoms with van der Waals surface area (Å²) in [5.41, 5.74) is 0.281. The minimum Gasteiger partial charge on any atom is -0.399 e. The van der Waals surface area contributed by atoms with Crippen molar-refractivity contribution in [1.29, 1.82) is 0 Å². The van der Waals surface area contributed by atoms with Crippen LogP contribution in [0.4, 0.5) is 4.39 Å². The maximum atomic E-state index is 15.7. The fourth-order valence-corrected chi connectivity index (χ4v) is 8.23. The molecule has 8 heteroatoms. The largest absolute Gasteiger partial charge is 0.399 e. The maximum absolute atomic E-state index is 15.7. The number of Topliss-reactive ketones (excluding diaryl/α,β-unsaturated/α-hetero) is 2. The second-order valence-corrected chi connectivity index (χ2v) is 11.9. The lowest BCUT2D eigenvalue weighted by Crippen LogP contribution is -2.64. The van der Waals surface area contributed by atoms with Gasteiger partial charge in [0.1, 0.15) is 19.5 Å². The first-order valence-corrected chi connectivity index (χ1v) is 13.5. The molecule has 0 radical (unpaired) electrons. The van der Waals surface area contributed by atoms with E-state index in [1.807, 2.05) is 0 Å². The van der Waals surface area contributed by atoms with Crippen LogP contribution in [0.15, 0.2) is 10.3 Å². The van der Waals surface area contributed by atoms with E-state index < -0.39 is 22.9 Å². The van der Waals surface area contributed by atoms with E-state index in [0.29, 0.717) is 32.3 Å². The van der Waals surface area contributed by atoms with Crippen molar-refractivity contribution in [3.63, 3.8) is 0 Å². The van der Waals surface area contributed by atoms with Crippen LogP contribution in [0.2, 0.25) is 0 Å². The van der Waals surface area contributed by atoms with Crippen LogP contribution in [0.3, 0.4) is 0 Å². The van der Waals surface area contributed by atoms with Gasteiger partial charge in [-0.05, 0) is 82.2 Å². The summed E-state index contributed by atoms with van der Waals surface area (Å²) in [6.07, 6.45) is 5.81. The van der Waals surface area contributed by atoms with Crippen molar-refractivity contribution >= 4 is 23.0 Å². The van der Waals surface area contributed by atoms with Crippen molar-refractivity contribution in [3.05, 3.63) is 0 Å². The van der Waals surface area contributed by atoms with Crippen molar-refractivity contribution in [1.82, 2.24) is 4.90 Å². The molecule has 7 atom stereocenters. The molecular formula is C27H40FN3O4. The highest BCUT2D eigenvalue weighted by Gasteiger charge is 2.68. The number of ketones is 2. The van der Waals surface area contributed by atoms with Crippen LogP contribution in [0.25, 0.3) is 0 Å². The van der Waals surface area contributed by atoms with Gasteiger partial charge in [0.05, 0.1) is 16.8 Å². The number of hydrogen-bond donors (Lipinski definition) is 0. The third kappa shape index (κ3) is 4.04. The second kappa shape index (κ2) is 9.56. The molecule has 35 heavy (non-hydrogen) atoms. The van der Waals surface area contributed by atoms with E-state index in [-0.39, 0.29) is 29.3 Å². The van der Waals surface area contributed by atoms with Crippen LogP contribution in [0.5, 0.6) is 0 Å². The number of likely N-dealkylation sites (tertiary alicyclic amines) is 1. The number of piperidine rings is 1. The number of oxime groups is 2. The molecule has 1 aliphatic heterocycles. The quantitative estimate of drug-likeness (QED) is 0.427. The zero-order valence-corrected chi connectivity index (χ0v) is 21.4. The topological polar surface area (TPSA) is 80.6 Å². The van der Waals surface area contributed by atoms with Crippen molar-refractivity contribution in [2.24, 2.45) is 44.8 Å². The van der Waals surface area contributed by atoms with Gasteiger partial charge in [-0.2, -0.15) is 0 Å². The van der Waals surface area contributed by atoms with Crippen molar-refractivity contribution in [2.75, 3.05) is 33.4 Å². The van der Waals surface area contributed by atoms with Crippen LogP contribution >= 0.6 is 0 Å². The average molecular weight is 490 g/mol. The van der Waals surface area contributed by atoms with Gasteiger partial charge in [0.15, 0.2) is 12.0 Å². The van der Waals surface area contributed by atoms with Crippen LogP contribution in [0.1, 0.15) is 71.6 Å². The Morgan fingerprint density at radius 2 is 1.86 bits per heavy atom.